The van der Waals surface area contributed by atoms with Crippen molar-refractivity contribution in [2.45, 2.75) is 0 Å². The smallest absolute Gasteiger partial charge is 0.408 e. The summed E-state index contributed by atoms with van der Waals surface area (Å²) in [6.07, 6.45) is 0. The van der Waals surface area contributed by atoms with Crippen molar-refractivity contribution in [2.75, 3.05) is 5.32 Å². The number of H-pyrrole nitrogens is 1. The molecule has 0 spiro atoms. The maximum Gasteiger partial charge on any atom is 0.417 e. The molecule has 5 nitrogen and oxygen atoms in total. The Morgan fingerprint density at radius 2 is 2.00 bits per heavy atom. The molecular weight excluding hydrogens is 280 g/mol. The van der Waals surface area contributed by atoms with Gasteiger partial charge in [0, 0.05) is 10.6 Å². The van der Waals surface area contributed by atoms with Crippen LogP contribution in [0.4, 0.5) is 5.69 Å². The van der Waals surface area contributed by atoms with Crippen LogP contribution >= 0.6 is 11.6 Å². The Morgan fingerprint density at radius 1 is 1.20 bits per heavy atom. The monoisotopic (exact) mass is 288 g/mol. The lowest BCUT2D eigenvalue weighted by Gasteiger charge is -2.05. The minimum Gasteiger partial charge on any atom is -0.408 e. The van der Waals surface area contributed by atoms with Gasteiger partial charge in [0.05, 0.1) is 5.69 Å². The van der Waals surface area contributed by atoms with E-state index < -0.39 is 5.76 Å². The highest BCUT2D eigenvalue weighted by Crippen LogP contribution is 2.21. The summed E-state index contributed by atoms with van der Waals surface area (Å²) in [6, 6.07) is 11.6. The van der Waals surface area contributed by atoms with Crippen LogP contribution < -0.4 is 11.1 Å². The molecule has 3 aromatic rings. The summed E-state index contributed by atoms with van der Waals surface area (Å²) < 4.78 is 4.93. The van der Waals surface area contributed by atoms with Crippen molar-refractivity contribution < 1.29 is 9.21 Å². The largest absolute Gasteiger partial charge is 0.417 e. The Hall–Kier alpha value is -2.53. The van der Waals surface area contributed by atoms with Crippen molar-refractivity contribution in [3.8, 4) is 0 Å². The number of carbonyl (C=O) groups excluding carboxylic acids is 1. The van der Waals surface area contributed by atoms with Gasteiger partial charge in [-0.25, -0.2) is 4.79 Å². The molecule has 0 aliphatic carbocycles. The Kier molecular flexibility index (Phi) is 3.04. The molecule has 0 aliphatic heterocycles. The second-order valence-electron chi connectivity index (χ2n) is 4.16. The molecule has 0 radical (unpaired) electrons. The van der Waals surface area contributed by atoms with Gasteiger partial charge < -0.3 is 9.73 Å². The topological polar surface area (TPSA) is 75.1 Å². The summed E-state index contributed by atoms with van der Waals surface area (Å²) >= 11 is 5.85. The molecule has 1 heterocycles. The molecule has 3 rings (SSSR count). The van der Waals surface area contributed by atoms with Gasteiger partial charge in [0.2, 0.25) is 0 Å². The number of hydrogen-bond acceptors (Lipinski definition) is 3. The average Bonchev–Trinajstić information content (AvgIpc) is 2.80. The summed E-state index contributed by atoms with van der Waals surface area (Å²) in [5.74, 6) is -0.883. The first-order chi connectivity index (χ1) is 9.63. The molecule has 0 saturated heterocycles. The number of anilines is 1. The lowest BCUT2D eigenvalue weighted by atomic mass is 10.2. The van der Waals surface area contributed by atoms with Crippen molar-refractivity contribution in [2.24, 2.45) is 0 Å². The molecule has 0 aliphatic rings. The van der Waals surface area contributed by atoms with Gasteiger partial charge in [-0.05, 0) is 30.3 Å². The highest BCUT2D eigenvalue weighted by atomic mass is 35.5. The second-order valence-corrected chi connectivity index (χ2v) is 4.59. The Balaban J connectivity index is 1.97. The van der Waals surface area contributed by atoms with E-state index in [2.05, 4.69) is 10.3 Å². The molecular formula is C14H9ClN2O3. The number of rotatable bonds is 2. The van der Waals surface area contributed by atoms with Gasteiger partial charge in [-0.15, -0.1) is 0 Å². The zero-order valence-electron chi connectivity index (χ0n) is 10.1. The predicted octanol–water partition coefficient (Wildman–Crippen LogP) is 3.03. The fourth-order valence-electron chi connectivity index (χ4n) is 1.90. The van der Waals surface area contributed by atoms with Gasteiger partial charge in [-0.1, -0.05) is 23.7 Å². The normalized spacial score (nSPS) is 10.7. The molecule has 0 fully saturated rings. The van der Waals surface area contributed by atoms with Crippen LogP contribution in [-0.4, -0.2) is 10.9 Å². The number of amides is 1. The molecule has 100 valence electrons. The number of benzene rings is 2. The number of carbonyl (C=O) groups is 1. The van der Waals surface area contributed by atoms with Crippen LogP contribution in [0, 0.1) is 0 Å². The first-order valence-corrected chi connectivity index (χ1v) is 6.20. The molecule has 2 aromatic carbocycles. The molecule has 0 atom stereocenters. The Bertz CT molecular complexity index is 851. The molecule has 20 heavy (non-hydrogen) atoms. The molecule has 0 unspecified atom stereocenters. The molecule has 1 aromatic heterocycles. The first-order valence-electron chi connectivity index (χ1n) is 5.82. The Morgan fingerprint density at radius 3 is 2.80 bits per heavy atom. The second kappa shape index (κ2) is 4.86. The quantitative estimate of drug-likeness (QED) is 0.761. The number of aromatic amines is 1. The SMILES string of the molecule is O=C(Nc1cccc2oc(=O)[nH]c12)c1cccc(Cl)c1. The lowest BCUT2D eigenvalue weighted by molar-refractivity contribution is 0.102. The van der Waals surface area contributed by atoms with E-state index in [9.17, 15) is 9.59 Å². The number of para-hydroxylation sites is 1. The average molecular weight is 289 g/mol. The maximum absolute atomic E-state index is 12.1. The van der Waals surface area contributed by atoms with Crippen LogP contribution in [0.1, 0.15) is 10.4 Å². The summed E-state index contributed by atoms with van der Waals surface area (Å²) in [7, 11) is 0. The van der Waals surface area contributed by atoms with Crippen molar-refractivity contribution >= 4 is 34.3 Å². The molecule has 6 heteroatoms. The zero-order chi connectivity index (χ0) is 14.1. The highest BCUT2D eigenvalue weighted by Gasteiger charge is 2.11. The van der Waals surface area contributed by atoms with Crippen molar-refractivity contribution in [1.29, 1.82) is 0 Å². The van der Waals surface area contributed by atoms with Gasteiger partial charge >= 0.3 is 5.76 Å². The highest BCUT2D eigenvalue weighted by molar-refractivity contribution is 6.31. The molecule has 0 saturated carbocycles. The van der Waals surface area contributed by atoms with Crippen LogP contribution in [0.15, 0.2) is 51.7 Å². The van der Waals surface area contributed by atoms with Gasteiger partial charge in [-0.3, -0.25) is 9.78 Å². The van der Waals surface area contributed by atoms with E-state index in [0.29, 0.717) is 27.4 Å². The zero-order valence-corrected chi connectivity index (χ0v) is 10.9. The minimum atomic E-state index is -0.565. The third kappa shape index (κ3) is 2.31. The van der Waals surface area contributed by atoms with E-state index in [1.165, 1.54) is 0 Å². The first kappa shape index (κ1) is 12.5. The summed E-state index contributed by atoms with van der Waals surface area (Å²) in [5, 5.41) is 3.19. The molecule has 0 bridgehead atoms. The number of nitrogens with one attached hydrogen (secondary N) is 2. The van der Waals surface area contributed by atoms with Gasteiger partial charge in [0.1, 0.15) is 5.52 Å². The van der Waals surface area contributed by atoms with Crippen LogP contribution in [0.2, 0.25) is 5.02 Å². The van der Waals surface area contributed by atoms with Crippen LogP contribution in [-0.2, 0) is 0 Å². The number of aromatic nitrogens is 1. The van der Waals surface area contributed by atoms with Crippen molar-refractivity contribution in [3.63, 3.8) is 0 Å². The fraction of sp³-hybridized carbons (Fsp3) is 0. The Labute approximate surface area is 118 Å². The van der Waals surface area contributed by atoms with E-state index in [1.54, 1.807) is 42.5 Å². The van der Waals surface area contributed by atoms with Crippen LogP contribution in [0.5, 0.6) is 0 Å². The van der Waals surface area contributed by atoms with Crippen LogP contribution in [0.3, 0.4) is 0 Å². The van der Waals surface area contributed by atoms with E-state index in [1.807, 2.05) is 0 Å². The van der Waals surface area contributed by atoms with Gasteiger partial charge in [0.25, 0.3) is 5.91 Å². The standard InChI is InChI=1S/C14H9ClN2O3/c15-9-4-1-3-8(7-9)13(18)16-10-5-2-6-11-12(10)17-14(19)20-11/h1-7H,(H,16,18)(H,17,19). The van der Waals surface area contributed by atoms with Gasteiger partial charge in [0.15, 0.2) is 5.58 Å². The number of halogens is 1. The summed E-state index contributed by atoms with van der Waals surface area (Å²) in [5.41, 5.74) is 1.74. The number of fused-ring (bicyclic) bond motifs is 1. The van der Waals surface area contributed by atoms with Gasteiger partial charge in [-0.2, -0.15) is 0 Å². The van der Waals surface area contributed by atoms with Crippen molar-refractivity contribution in [3.05, 3.63) is 63.6 Å². The molecule has 1 amide bonds. The molecule has 2 N–H and O–H groups in total. The predicted molar refractivity (Wildman–Crippen MR) is 76.2 cm³/mol. The number of oxazole rings is 1. The van der Waals surface area contributed by atoms with E-state index >= 15 is 0 Å². The van der Waals surface area contributed by atoms with Crippen molar-refractivity contribution in [1.82, 2.24) is 4.98 Å². The van der Waals surface area contributed by atoms with Crippen LogP contribution in [0.25, 0.3) is 11.1 Å². The number of hydrogen-bond donors (Lipinski definition) is 2. The third-order valence-electron chi connectivity index (χ3n) is 2.79. The third-order valence-corrected chi connectivity index (χ3v) is 3.03. The van der Waals surface area contributed by atoms with E-state index in [4.69, 9.17) is 16.0 Å². The summed E-state index contributed by atoms with van der Waals surface area (Å²) in [4.78, 5) is 25.8. The van der Waals surface area contributed by atoms with E-state index in [-0.39, 0.29) is 5.91 Å². The lowest BCUT2D eigenvalue weighted by Crippen LogP contribution is -2.12. The van der Waals surface area contributed by atoms with E-state index in [0.717, 1.165) is 0 Å². The summed E-state index contributed by atoms with van der Waals surface area (Å²) in [6.45, 7) is 0. The maximum atomic E-state index is 12.1. The minimum absolute atomic E-state index is 0.318. The fourth-order valence-corrected chi connectivity index (χ4v) is 2.09.